The highest BCUT2D eigenvalue weighted by Crippen LogP contribution is 2.25. The molecule has 0 saturated carbocycles. The molecule has 1 aromatic rings. The molecule has 1 heterocycles. The lowest BCUT2D eigenvalue weighted by atomic mass is 9.97. The Morgan fingerprint density at radius 2 is 1.86 bits per heavy atom. The predicted molar refractivity (Wildman–Crippen MR) is 100 cm³/mol. The van der Waals surface area contributed by atoms with E-state index >= 15 is 0 Å². The van der Waals surface area contributed by atoms with Crippen molar-refractivity contribution >= 4 is 21.8 Å². The van der Waals surface area contributed by atoms with Crippen molar-refractivity contribution in [2.24, 2.45) is 5.92 Å². The SMILES string of the molecule is COCCNC(=O)CN(C)C(=O)C1CCN(S(=O)(=O)c2ccc(F)cc2)CC1. The van der Waals surface area contributed by atoms with E-state index in [4.69, 9.17) is 4.74 Å². The summed E-state index contributed by atoms with van der Waals surface area (Å²) >= 11 is 0. The second-order valence-electron chi connectivity index (χ2n) is 6.67. The molecule has 8 nitrogen and oxygen atoms in total. The van der Waals surface area contributed by atoms with E-state index < -0.39 is 15.8 Å². The first kappa shape index (κ1) is 22.3. The van der Waals surface area contributed by atoms with Gasteiger partial charge in [-0.3, -0.25) is 9.59 Å². The van der Waals surface area contributed by atoms with E-state index in [9.17, 15) is 22.4 Å². The summed E-state index contributed by atoms with van der Waals surface area (Å²) in [4.78, 5) is 25.7. The number of carbonyl (C=O) groups is 2. The van der Waals surface area contributed by atoms with Crippen LogP contribution in [0.2, 0.25) is 0 Å². The molecule has 0 aromatic heterocycles. The van der Waals surface area contributed by atoms with Crippen LogP contribution in [-0.4, -0.2) is 76.4 Å². The number of amides is 2. The number of halogens is 1. The second kappa shape index (κ2) is 9.94. The maximum atomic E-state index is 13.0. The van der Waals surface area contributed by atoms with Crippen molar-refractivity contribution in [2.75, 3.05) is 46.9 Å². The normalized spacial score (nSPS) is 16.0. The molecular weight excluding hydrogens is 389 g/mol. The molecule has 1 aliphatic rings. The molecule has 156 valence electrons. The van der Waals surface area contributed by atoms with Crippen LogP contribution in [0.3, 0.4) is 0 Å². The molecule has 28 heavy (non-hydrogen) atoms. The van der Waals surface area contributed by atoms with Gasteiger partial charge in [0.15, 0.2) is 0 Å². The van der Waals surface area contributed by atoms with Gasteiger partial charge in [0.25, 0.3) is 0 Å². The number of methoxy groups -OCH3 is 1. The lowest BCUT2D eigenvalue weighted by Gasteiger charge is -2.32. The quantitative estimate of drug-likeness (QED) is 0.622. The number of piperidine rings is 1. The van der Waals surface area contributed by atoms with E-state index in [1.165, 1.54) is 28.4 Å². The van der Waals surface area contributed by atoms with Crippen LogP contribution >= 0.6 is 0 Å². The predicted octanol–water partition coefficient (Wildman–Crippen LogP) is 0.447. The second-order valence-corrected chi connectivity index (χ2v) is 8.61. The van der Waals surface area contributed by atoms with Crippen LogP contribution in [0.25, 0.3) is 0 Å². The minimum atomic E-state index is -3.71. The van der Waals surface area contributed by atoms with E-state index in [-0.39, 0.29) is 42.3 Å². The van der Waals surface area contributed by atoms with E-state index in [1.54, 1.807) is 7.05 Å². The van der Waals surface area contributed by atoms with Gasteiger partial charge >= 0.3 is 0 Å². The molecule has 0 atom stereocenters. The van der Waals surface area contributed by atoms with Crippen molar-refractivity contribution in [3.8, 4) is 0 Å². The van der Waals surface area contributed by atoms with E-state index in [2.05, 4.69) is 5.32 Å². The largest absolute Gasteiger partial charge is 0.383 e. The molecule has 1 fully saturated rings. The molecule has 1 N–H and O–H groups in total. The maximum absolute atomic E-state index is 13.0. The number of carbonyl (C=O) groups excluding carboxylic acids is 2. The zero-order valence-electron chi connectivity index (χ0n) is 16.1. The third-order valence-corrected chi connectivity index (χ3v) is 6.55. The first-order chi connectivity index (χ1) is 13.3. The Morgan fingerprint density at radius 3 is 2.43 bits per heavy atom. The molecule has 0 aliphatic carbocycles. The van der Waals surface area contributed by atoms with Crippen molar-refractivity contribution in [1.29, 1.82) is 0 Å². The number of rotatable bonds is 8. The van der Waals surface area contributed by atoms with Crippen LogP contribution in [0.1, 0.15) is 12.8 Å². The smallest absolute Gasteiger partial charge is 0.243 e. The highest BCUT2D eigenvalue weighted by atomic mass is 32.2. The number of benzene rings is 1. The lowest BCUT2D eigenvalue weighted by molar-refractivity contribution is -0.139. The monoisotopic (exact) mass is 415 g/mol. The van der Waals surface area contributed by atoms with Crippen molar-refractivity contribution in [3.05, 3.63) is 30.1 Å². The van der Waals surface area contributed by atoms with Gasteiger partial charge in [-0.05, 0) is 37.1 Å². The molecule has 2 amide bonds. The summed E-state index contributed by atoms with van der Waals surface area (Å²) in [6.45, 7) is 1.10. The first-order valence-electron chi connectivity index (χ1n) is 9.02. The Hall–Kier alpha value is -2.04. The zero-order valence-corrected chi connectivity index (χ0v) is 16.9. The topological polar surface area (TPSA) is 96.0 Å². The molecular formula is C18H26FN3O5S. The fourth-order valence-corrected chi connectivity index (χ4v) is 4.52. The van der Waals surface area contributed by atoms with Crippen LogP contribution in [0.15, 0.2) is 29.2 Å². The number of nitrogens with one attached hydrogen (secondary N) is 1. The Bertz CT molecular complexity index is 777. The van der Waals surface area contributed by atoms with E-state index in [0.29, 0.717) is 26.0 Å². The van der Waals surface area contributed by atoms with Crippen molar-refractivity contribution in [1.82, 2.24) is 14.5 Å². The average molecular weight is 415 g/mol. The fraction of sp³-hybridized carbons (Fsp3) is 0.556. The van der Waals surface area contributed by atoms with Crippen LogP contribution in [0.4, 0.5) is 4.39 Å². The lowest BCUT2D eigenvalue weighted by Crippen LogP contribution is -2.46. The number of likely N-dealkylation sites (N-methyl/N-ethyl adjacent to an activating group) is 1. The first-order valence-corrected chi connectivity index (χ1v) is 10.5. The maximum Gasteiger partial charge on any atom is 0.243 e. The summed E-state index contributed by atoms with van der Waals surface area (Å²) < 4.78 is 44.4. The van der Waals surface area contributed by atoms with Gasteiger partial charge in [-0.25, -0.2) is 12.8 Å². The minimum absolute atomic E-state index is 0.0310. The Labute approximate surface area is 164 Å². The van der Waals surface area contributed by atoms with Gasteiger partial charge in [-0.2, -0.15) is 4.31 Å². The van der Waals surface area contributed by atoms with E-state index in [0.717, 1.165) is 12.1 Å². The molecule has 1 saturated heterocycles. The highest BCUT2D eigenvalue weighted by molar-refractivity contribution is 7.89. The van der Waals surface area contributed by atoms with Gasteiger partial charge < -0.3 is 15.0 Å². The molecule has 1 aliphatic heterocycles. The van der Waals surface area contributed by atoms with Crippen LogP contribution < -0.4 is 5.32 Å². The molecule has 1 aromatic carbocycles. The molecule has 0 unspecified atom stereocenters. The van der Waals surface area contributed by atoms with Crippen molar-refractivity contribution < 1.29 is 27.1 Å². The minimum Gasteiger partial charge on any atom is -0.383 e. The molecule has 0 spiro atoms. The molecule has 2 rings (SSSR count). The van der Waals surface area contributed by atoms with Gasteiger partial charge in [0.2, 0.25) is 21.8 Å². The van der Waals surface area contributed by atoms with Gasteiger partial charge in [0, 0.05) is 39.7 Å². The summed E-state index contributed by atoms with van der Waals surface area (Å²) in [6.07, 6.45) is 0.740. The number of ether oxygens (including phenoxy) is 1. The standard InChI is InChI=1S/C18H26FN3O5S/c1-21(13-17(23)20-9-12-27-2)18(24)14-7-10-22(11-8-14)28(25,26)16-5-3-15(19)4-6-16/h3-6,14H,7-13H2,1-2H3,(H,20,23). The highest BCUT2D eigenvalue weighted by Gasteiger charge is 2.33. The number of hydrogen-bond donors (Lipinski definition) is 1. The average Bonchev–Trinajstić information content (AvgIpc) is 2.68. The summed E-state index contributed by atoms with van der Waals surface area (Å²) in [5.74, 6) is -1.29. The Morgan fingerprint density at radius 1 is 1.25 bits per heavy atom. The molecule has 10 heteroatoms. The van der Waals surface area contributed by atoms with Crippen molar-refractivity contribution in [2.45, 2.75) is 17.7 Å². The van der Waals surface area contributed by atoms with Crippen molar-refractivity contribution in [3.63, 3.8) is 0 Å². The van der Waals surface area contributed by atoms with Gasteiger partial charge in [0.1, 0.15) is 5.82 Å². The van der Waals surface area contributed by atoms with Gasteiger partial charge in [-0.15, -0.1) is 0 Å². The third-order valence-electron chi connectivity index (χ3n) is 4.64. The van der Waals surface area contributed by atoms with Crippen LogP contribution in [0.5, 0.6) is 0 Å². The van der Waals surface area contributed by atoms with Gasteiger partial charge in [-0.1, -0.05) is 0 Å². The zero-order chi connectivity index (χ0) is 20.7. The molecule has 0 bridgehead atoms. The summed E-state index contributed by atoms with van der Waals surface area (Å²) in [5.41, 5.74) is 0. The summed E-state index contributed by atoms with van der Waals surface area (Å²) in [5, 5.41) is 2.65. The number of sulfonamides is 1. The number of nitrogens with zero attached hydrogens (tertiary/aromatic N) is 2. The molecule has 0 radical (unpaired) electrons. The van der Waals surface area contributed by atoms with E-state index in [1.807, 2.05) is 0 Å². The van der Waals surface area contributed by atoms with Crippen LogP contribution in [-0.2, 0) is 24.3 Å². The van der Waals surface area contributed by atoms with Gasteiger partial charge in [0.05, 0.1) is 18.0 Å². The Kier molecular flexibility index (Phi) is 7.90. The van der Waals surface area contributed by atoms with Crippen LogP contribution in [0, 0.1) is 11.7 Å². The fourth-order valence-electron chi connectivity index (χ4n) is 3.05. The third kappa shape index (κ3) is 5.73. The summed E-state index contributed by atoms with van der Waals surface area (Å²) in [6, 6.07) is 4.68. The Balaban J connectivity index is 1.87. The number of hydrogen-bond acceptors (Lipinski definition) is 5. The summed E-state index contributed by atoms with van der Waals surface area (Å²) in [7, 11) is -0.627.